The topological polar surface area (TPSA) is 98.7 Å². The maximum Gasteiger partial charge on any atom is 0.323 e. The van der Waals surface area contributed by atoms with Crippen molar-refractivity contribution in [1.29, 1.82) is 0 Å². The summed E-state index contributed by atoms with van der Waals surface area (Å²) in [5.74, 6) is -1.36. The molecule has 0 saturated heterocycles. The second-order valence-corrected chi connectivity index (χ2v) is 3.82. The minimum absolute atomic E-state index is 0.140. The van der Waals surface area contributed by atoms with E-state index < -0.39 is 12.0 Å². The van der Waals surface area contributed by atoms with E-state index in [0.717, 1.165) is 11.3 Å². The normalized spacial score (nSPS) is 9.67. The zero-order valence-electron chi connectivity index (χ0n) is 10.9. The van der Waals surface area contributed by atoms with Gasteiger partial charge in [0.05, 0.1) is 6.54 Å². The third-order valence-corrected chi connectivity index (χ3v) is 2.08. The van der Waals surface area contributed by atoms with Crippen LogP contribution >= 0.6 is 0 Å². The van der Waals surface area contributed by atoms with Crippen LogP contribution in [0.2, 0.25) is 0 Å². The van der Waals surface area contributed by atoms with Gasteiger partial charge in [-0.15, -0.1) is 0 Å². The van der Waals surface area contributed by atoms with Crippen molar-refractivity contribution < 1.29 is 19.5 Å². The summed E-state index contributed by atoms with van der Waals surface area (Å²) in [5.41, 5.74) is 0. The average molecular weight is 259 g/mol. The van der Waals surface area contributed by atoms with Crippen LogP contribution in [-0.2, 0) is 9.59 Å². The van der Waals surface area contributed by atoms with Crippen LogP contribution < -0.4 is 10.6 Å². The van der Waals surface area contributed by atoms with Gasteiger partial charge in [-0.25, -0.2) is 4.79 Å². The number of hydrogen-bond acceptors (Lipinski definition) is 3. The molecule has 0 aromatic heterocycles. The minimum Gasteiger partial charge on any atom is -0.480 e. The molecule has 7 nitrogen and oxygen atoms in total. The minimum atomic E-state index is -1.07. The number of rotatable bonds is 8. The van der Waals surface area contributed by atoms with Crippen LogP contribution in [0.4, 0.5) is 4.79 Å². The van der Waals surface area contributed by atoms with Crippen LogP contribution in [-0.4, -0.2) is 54.1 Å². The van der Waals surface area contributed by atoms with Crippen molar-refractivity contribution in [2.24, 2.45) is 0 Å². The number of aliphatic carboxylic acids is 1. The van der Waals surface area contributed by atoms with Gasteiger partial charge < -0.3 is 20.6 Å². The number of urea groups is 1. The number of carboxylic acid groups (broad SMARTS) is 1. The molecule has 0 bridgehead atoms. The predicted molar refractivity (Wildman–Crippen MR) is 66.2 cm³/mol. The lowest BCUT2D eigenvalue weighted by molar-refractivity contribution is -0.137. The van der Waals surface area contributed by atoms with Crippen molar-refractivity contribution >= 4 is 17.9 Å². The summed E-state index contributed by atoms with van der Waals surface area (Å²) in [7, 11) is 0. The van der Waals surface area contributed by atoms with E-state index >= 15 is 0 Å². The Kier molecular flexibility index (Phi) is 8.34. The highest BCUT2D eigenvalue weighted by Crippen LogP contribution is 1.92. The molecular formula is C11H21N3O4. The van der Waals surface area contributed by atoms with Crippen molar-refractivity contribution in [3.8, 4) is 0 Å². The van der Waals surface area contributed by atoms with Gasteiger partial charge in [0.25, 0.3) is 0 Å². The van der Waals surface area contributed by atoms with Gasteiger partial charge >= 0.3 is 12.0 Å². The molecule has 0 spiro atoms. The molecule has 3 N–H and O–H groups in total. The van der Waals surface area contributed by atoms with E-state index in [9.17, 15) is 14.4 Å². The summed E-state index contributed by atoms with van der Waals surface area (Å²) < 4.78 is 0. The quantitative estimate of drug-likeness (QED) is 0.572. The van der Waals surface area contributed by atoms with Crippen molar-refractivity contribution in [2.75, 3.05) is 26.2 Å². The molecule has 0 aliphatic heterocycles. The fourth-order valence-electron chi connectivity index (χ4n) is 1.28. The lowest BCUT2D eigenvalue weighted by Crippen LogP contribution is -2.46. The highest BCUT2D eigenvalue weighted by atomic mass is 16.4. The number of carbonyl (C=O) groups is 3. The average Bonchev–Trinajstić information content (AvgIpc) is 2.32. The summed E-state index contributed by atoms with van der Waals surface area (Å²) in [4.78, 5) is 34.6. The van der Waals surface area contributed by atoms with E-state index in [-0.39, 0.29) is 19.0 Å². The number of carbonyl (C=O) groups excluding carboxylic acids is 2. The first-order chi connectivity index (χ1) is 8.51. The number of nitrogens with zero attached hydrogens (tertiary/aromatic N) is 1. The van der Waals surface area contributed by atoms with E-state index in [1.54, 1.807) is 0 Å². The standard InChI is InChI=1S/C11H21N3O4/c1-3-5-12-9(15)7-13-11(18)14(6-4-2)8-10(16)17/h3-8H2,1-2H3,(H,12,15)(H,13,18)(H,16,17). The van der Waals surface area contributed by atoms with Crippen molar-refractivity contribution in [3.05, 3.63) is 0 Å². The first-order valence-electron chi connectivity index (χ1n) is 6.02. The van der Waals surface area contributed by atoms with Gasteiger partial charge in [-0.05, 0) is 12.8 Å². The molecule has 0 radical (unpaired) electrons. The Morgan fingerprint density at radius 3 is 2.28 bits per heavy atom. The van der Waals surface area contributed by atoms with Crippen LogP contribution in [0.1, 0.15) is 26.7 Å². The molecule has 0 aliphatic carbocycles. The lowest BCUT2D eigenvalue weighted by Gasteiger charge is -2.20. The van der Waals surface area contributed by atoms with Gasteiger partial charge in [-0.2, -0.15) is 0 Å². The van der Waals surface area contributed by atoms with Crippen molar-refractivity contribution in [1.82, 2.24) is 15.5 Å². The van der Waals surface area contributed by atoms with Gasteiger partial charge in [0.2, 0.25) is 5.91 Å². The van der Waals surface area contributed by atoms with E-state index in [1.165, 1.54) is 0 Å². The number of carboxylic acids is 1. The SMILES string of the molecule is CCCNC(=O)CNC(=O)N(CCC)CC(=O)O. The molecule has 0 saturated carbocycles. The van der Waals surface area contributed by atoms with Gasteiger partial charge in [0.15, 0.2) is 0 Å². The summed E-state index contributed by atoms with van der Waals surface area (Å²) >= 11 is 0. The van der Waals surface area contributed by atoms with Crippen molar-refractivity contribution in [2.45, 2.75) is 26.7 Å². The van der Waals surface area contributed by atoms with Crippen LogP contribution in [0.25, 0.3) is 0 Å². The van der Waals surface area contributed by atoms with Gasteiger partial charge in [-0.3, -0.25) is 9.59 Å². The maximum atomic E-state index is 11.6. The molecule has 0 unspecified atom stereocenters. The van der Waals surface area contributed by atoms with E-state index in [0.29, 0.717) is 19.5 Å². The fraction of sp³-hybridized carbons (Fsp3) is 0.727. The predicted octanol–water partition coefficient (Wildman–Crippen LogP) is 0.0188. The number of amides is 3. The zero-order chi connectivity index (χ0) is 14.0. The highest BCUT2D eigenvalue weighted by Gasteiger charge is 2.16. The molecule has 0 fully saturated rings. The fourth-order valence-corrected chi connectivity index (χ4v) is 1.28. The molecule has 18 heavy (non-hydrogen) atoms. The van der Waals surface area contributed by atoms with Crippen molar-refractivity contribution in [3.63, 3.8) is 0 Å². The second kappa shape index (κ2) is 9.26. The Morgan fingerprint density at radius 1 is 1.11 bits per heavy atom. The molecule has 0 rings (SSSR count). The third kappa shape index (κ3) is 7.48. The first kappa shape index (κ1) is 16.2. The van der Waals surface area contributed by atoms with E-state index in [1.807, 2.05) is 13.8 Å². The zero-order valence-corrected chi connectivity index (χ0v) is 10.9. The molecule has 0 aliphatic rings. The molecule has 7 heteroatoms. The highest BCUT2D eigenvalue weighted by molar-refractivity contribution is 5.85. The Bertz CT molecular complexity index is 294. The largest absolute Gasteiger partial charge is 0.480 e. The van der Waals surface area contributed by atoms with Crippen LogP contribution in [0.3, 0.4) is 0 Å². The second-order valence-electron chi connectivity index (χ2n) is 3.82. The van der Waals surface area contributed by atoms with Crippen LogP contribution in [0.15, 0.2) is 0 Å². The Labute approximate surface area is 107 Å². The Balaban J connectivity index is 4.09. The van der Waals surface area contributed by atoms with Gasteiger partial charge in [0.1, 0.15) is 6.54 Å². The molecular weight excluding hydrogens is 238 g/mol. The van der Waals surface area contributed by atoms with Crippen LogP contribution in [0.5, 0.6) is 0 Å². The summed E-state index contributed by atoms with van der Waals surface area (Å²) in [5, 5.41) is 13.7. The third-order valence-electron chi connectivity index (χ3n) is 2.08. The smallest absolute Gasteiger partial charge is 0.323 e. The molecule has 104 valence electrons. The lowest BCUT2D eigenvalue weighted by atomic mass is 10.4. The Morgan fingerprint density at radius 2 is 1.78 bits per heavy atom. The van der Waals surface area contributed by atoms with Crippen LogP contribution in [0, 0.1) is 0 Å². The molecule has 3 amide bonds. The molecule has 0 atom stereocenters. The summed E-state index contributed by atoms with van der Waals surface area (Å²) in [6, 6.07) is -0.536. The summed E-state index contributed by atoms with van der Waals surface area (Å²) in [6.07, 6.45) is 1.48. The molecule has 0 aromatic carbocycles. The monoisotopic (exact) mass is 259 g/mol. The molecule has 0 heterocycles. The Hall–Kier alpha value is -1.79. The number of nitrogens with one attached hydrogen (secondary N) is 2. The van der Waals surface area contributed by atoms with E-state index in [2.05, 4.69) is 10.6 Å². The first-order valence-corrected chi connectivity index (χ1v) is 6.02. The van der Waals surface area contributed by atoms with Gasteiger partial charge in [-0.1, -0.05) is 13.8 Å². The summed E-state index contributed by atoms with van der Waals surface area (Å²) in [6.45, 7) is 4.16. The molecule has 0 aromatic rings. The van der Waals surface area contributed by atoms with Gasteiger partial charge in [0, 0.05) is 13.1 Å². The van der Waals surface area contributed by atoms with E-state index in [4.69, 9.17) is 5.11 Å². The number of hydrogen-bond donors (Lipinski definition) is 3. The maximum absolute atomic E-state index is 11.6.